The van der Waals surface area contributed by atoms with Crippen LogP contribution in [-0.4, -0.2) is 31.3 Å². The van der Waals surface area contributed by atoms with Crippen LogP contribution in [0.3, 0.4) is 0 Å². The average Bonchev–Trinajstić information content (AvgIpc) is 3.17. The Labute approximate surface area is 170 Å². The highest BCUT2D eigenvalue weighted by Crippen LogP contribution is 2.29. The van der Waals surface area contributed by atoms with Gasteiger partial charge in [-0.15, -0.1) is 0 Å². The van der Waals surface area contributed by atoms with Crippen LogP contribution in [0.5, 0.6) is 5.75 Å². The number of rotatable bonds is 7. The van der Waals surface area contributed by atoms with Crippen LogP contribution < -0.4 is 10.1 Å². The number of carbonyl (C=O) groups excluding carboxylic acids is 1. The number of hydrogen-bond acceptors (Lipinski definition) is 8. The lowest BCUT2D eigenvalue weighted by molar-refractivity contribution is -0.384. The Morgan fingerprint density at radius 3 is 2.55 bits per heavy atom. The van der Waals surface area contributed by atoms with Crippen molar-refractivity contribution < 1.29 is 22.9 Å². The molecule has 3 aromatic rings. The molecule has 29 heavy (non-hydrogen) atoms. The summed E-state index contributed by atoms with van der Waals surface area (Å²) in [6, 6.07) is 11.6. The van der Waals surface area contributed by atoms with Gasteiger partial charge in [-0.05, 0) is 18.2 Å². The highest BCUT2D eigenvalue weighted by atomic mass is 32.2. The van der Waals surface area contributed by atoms with Gasteiger partial charge >= 0.3 is 0 Å². The standard InChI is InChI=1S/C18H15N3O6S2/c1-27-15-5-3-2-4-12(15)10-16(22)20-18-19-11-17(28-18)29(25,26)14-8-6-13(7-9-14)21(23)24/h2-9,11H,10H2,1H3,(H,19,20,22). The number of ether oxygens (including phenoxy) is 1. The van der Waals surface area contributed by atoms with Gasteiger partial charge in [-0.1, -0.05) is 29.5 Å². The molecule has 3 rings (SSSR count). The number of benzene rings is 2. The van der Waals surface area contributed by atoms with E-state index in [9.17, 15) is 23.3 Å². The third kappa shape index (κ3) is 4.58. The summed E-state index contributed by atoms with van der Waals surface area (Å²) in [5, 5.41) is 13.4. The summed E-state index contributed by atoms with van der Waals surface area (Å²) in [4.78, 5) is 26.2. The second-order valence-electron chi connectivity index (χ2n) is 5.78. The van der Waals surface area contributed by atoms with Crippen molar-refractivity contribution in [2.75, 3.05) is 12.4 Å². The number of nitrogens with zero attached hydrogens (tertiary/aromatic N) is 2. The number of para-hydroxylation sites is 1. The molecule has 0 fully saturated rings. The van der Waals surface area contributed by atoms with Crippen LogP contribution in [-0.2, 0) is 21.1 Å². The third-order valence-corrected chi connectivity index (χ3v) is 7.04. The summed E-state index contributed by atoms with van der Waals surface area (Å²) >= 11 is 0.798. The molecular weight excluding hydrogens is 418 g/mol. The Morgan fingerprint density at radius 2 is 1.90 bits per heavy atom. The van der Waals surface area contributed by atoms with Crippen LogP contribution in [0.2, 0.25) is 0 Å². The van der Waals surface area contributed by atoms with Gasteiger partial charge in [0, 0.05) is 17.7 Å². The molecule has 0 aliphatic heterocycles. The SMILES string of the molecule is COc1ccccc1CC(=O)Nc1ncc(S(=O)(=O)c2ccc([N+](=O)[O-])cc2)s1. The number of aromatic nitrogens is 1. The third-order valence-electron chi connectivity index (χ3n) is 3.90. The highest BCUT2D eigenvalue weighted by Gasteiger charge is 2.22. The first-order valence-electron chi connectivity index (χ1n) is 8.18. The van der Waals surface area contributed by atoms with Crippen molar-refractivity contribution in [2.24, 2.45) is 0 Å². The van der Waals surface area contributed by atoms with Crippen molar-refractivity contribution in [3.8, 4) is 5.75 Å². The Morgan fingerprint density at radius 1 is 1.21 bits per heavy atom. The monoisotopic (exact) mass is 433 g/mol. The van der Waals surface area contributed by atoms with Crippen molar-refractivity contribution in [3.63, 3.8) is 0 Å². The van der Waals surface area contributed by atoms with Crippen LogP contribution in [0.25, 0.3) is 0 Å². The zero-order valence-corrected chi connectivity index (χ0v) is 16.7. The predicted molar refractivity (Wildman–Crippen MR) is 106 cm³/mol. The lowest BCUT2D eigenvalue weighted by atomic mass is 10.1. The first kappa shape index (κ1) is 20.4. The minimum absolute atomic E-state index is 0.0357. The van der Waals surface area contributed by atoms with E-state index >= 15 is 0 Å². The van der Waals surface area contributed by atoms with Crippen LogP contribution >= 0.6 is 11.3 Å². The Bertz CT molecular complexity index is 1160. The van der Waals surface area contributed by atoms with Gasteiger partial charge in [0.2, 0.25) is 15.7 Å². The molecular formula is C18H15N3O6S2. The summed E-state index contributed by atoms with van der Waals surface area (Å²) in [5.41, 5.74) is 0.473. The Balaban J connectivity index is 1.74. The van der Waals surface area contributed by atoms with E-state index in [2.05, 4.69) is 10.3 Å². The van der Waals surface area contributed by atoms with Gasteiger partial charge in [-0.3, -0.25) is 14.9 Å². The molecule has 0 spiro atoms. The van der Waals surface area contributed by atoms with Crippen LogP contribution in [0.15, 0.2) is 63.8 Å². The number of nitrogens with one attached hydrogen (secondary N) is 1. The molecule has 0 atom stereocenters. The number of amides is 1. The fourth-order valence-electron chi connectivity index (χ4n) is 2.49. The molecule has 0 aliphatic carbocycles. The normalized spacial score (nSPS) is 11.1. The lowest BCUT2D eigenvalue weighted by Gasteiger charge is -2.07. The number of nitro benzene ring substituents is 1. The van der Waals surface area contributed by atoms with Crippen LogP contribution in [0.1, 0.15) is 5.56 Å². The van der Waals surface area contributed by atoms with Crippen LogP contribution in [0, 0.1) is 10.1 Å². The molecule has 0 saturated carbocycles. The van der Waals surface area contributed by atoms with E-state index in [1.165, 1.54) is 7.11 Å². The molecule has 0 unspecified atom stereocenters. The number of non-ortho nitro benzene ring substituents is 1. The van der Waals surface area contributed by atoms with E-state index < -0.39 is 14.8 Å². The van der Waals surface area contributed by atoms with Crippen LogP contribution in [0.4, 0.5) is 10.8 Å². The number of hydrogen-bond donors (Lipinski definition) is 1. The fourth-order valence-corrected chi connectivity index (χ4v) is 4.94. The van der Waals surface area contributed by atoms with E-state index in [1.807, 2.05) is 0 Å². The summed E-state index contributed by atoms with van der Waals surface area (Å²) in [7, 11) is -2.40. The van der Waals surface area contributed by atoms with Gasteiger partial charge in [0.25, 0.3) is 5.69 Å². The minimum atomic E-state index is -3.90. The molecule has 1 N–H and O–H groups in total. The molecule has 0 aliphatic rings. The molecule has 1 aromatic heterocycles. The van der Waals surface area contributed by atoms with Crippen molar-refractivity contribution >= 4 is 37.9 Å². The summed E-state index contributed by atoms with van der Waals surface area (Å²) in [6.45, 7) is 0. The highest BCUT2D eigenvalue weighted by molar-refractivity contribution is 7.93. The van der Waals surface area contributed by atoms with E-state index in [0.29, 0.717) is 11.3 Å². The number of sulfone groups is 1. The molecule has 0 radical (unpaired) electrons. The second-order valence-corrected chi connectivity index (χ2v) is 8.98. The van der Waals surface area contributed by atoms with Gasteiger partial charge in [0.15, 0.2) is 5.13 Å². The maximum Gasteiger partial charge on any atom is 0.269 e. The average molecular weight is 433 g/mol. The Kier molecular flexibility index (Phi) is 5.89. The van der Waals surface area contributed by atoms with E-state index in [4.69, 9.17) is 4.74 Å². The summed E-state index contributed by atoms with van der Waals surface area (Å²) in [5.74, 6) is 0.200. The molecule has 2 aromatic carbocycles. The largest absolute Gasteiger partial charge is 0.496 e. The fraction of sp³-hybridized carbons (Fsp3) is 0.111. The lowest BCUT2D eigenvalue weighted by Crippen LogP contribution is -2.14. The molecule has 1 amide bonds. The predicted octanol–water partition coefficient (Wildman–Crippen LogP) is 3.07. The minimum Gasteiger partial charge on any atom is -0.496 e. The number of anilines is 1. The first-order valence-corrected chi connectivity index (χ1v) is 10.5. The molecule has 1 heterocycles. The number of nitro groups is 1. The smallest absolute Gasteiger partial charge is 0.269 e. The van der Waals surface area contributed by atoms with Crippen molar-refractivity contribution in [1.82, 2.24) is 4.98 Å². The molecule has 11 heteroatoms. The quantitative estimate of drug-likeness (QED) is 0.448. The second kappa shape index (κ2) is 8.37. The van der Waals surface area contributed by atoms with E-state index in [0.717, 1.165) is 41.8 Å². The van der Waals surface area contributed by atoms with Crippen molar-refractivity contribution in [1.29, 1.82) is 0 Å². The van der Waals surface area contributed by atoms with Gasteiger partial charge < -0.3 is 10.1 Å². The van der Waals surface area contributed by atoms with Crippen molar-refractivity contribution in [2.45, 2.75) is 15.5 Å². The topological polar surface area (TPSA) is 128 Å². The first-order chi connectivity index (χ1) is 13.8. The maximum atomic E-state index is 12.7. The molecule has 150 valence electrons. The van der Waals surface area contributed by atoms with E-state index in [-0.39, 0.29) is 32.3 Å². The number of thiazole rings is 1. The molecule has 9 nitrogen and oxygen atoms in total. The number of methoxy groups -OCH3 is 1. The summed E-state index contributed by atoms with van der Waals surface area (Å²) in [6.07, 6.45) is 1.17. The van der Waals surface area contributed by atoms with Gasteiger partial charge in [-0.25, -0.2) is 13.4 Å². The summed E-state index contributed by atoms with van der Waals surface area (Å²) < 4.78 is 30.4. The van der Waals surface area contributed by atoms with Crippen molar-refractivity contribution in [3.05, 3.63) is 70.4 Å². The van der Waals surface area contributed by atoms with Gasteiger partial charge in [0.05, 0.1) is 29.5 Å². The van der Waals surface area contributed by atoms with Gasteiger partial charge in [-0.2, -0.15) is 0 Å². The molecule has 0 bridgehead atoms. The zero-order chi connectivity index (χ0) is 21.0. The maximum absolute atomic E-state index is 12.7. The number of carbonyl (C=O) groups is 1. The van der Waals surface area contributed by atoms with Gasteiger partial charge in [0.1, 0.15) is 9.96 Å². The van der Waals surface area contributed by atoms with E-state index in [1.54, 1.807) is 24.3 Å². The molecule has 0 saturated heterocycles. The zero-order valence-electron chi connectivity index (χ0n) is 15.1. The Hall–Kier alpha value is -3.31.